The third-order valence-electron chi connectivity index (χ3n) is 2.77. The van der Waals surface area contributed by atoms with E-state index < -0.39 is 0 Å². The number of methoxy groups -OCH3 is 1. The third-order valence-corrected chi connectivity index (χ3v) is 2.77. The second-order valence-electron chi connectivity index (χ2n) is 4.59. The van der Waals surface area contributed by atoms with Crippen molar-refractivity contribution >= 4 is 0 Å². The van der Waals surface area contributed by atoms with Crippen LogP contribution in [0.4, 0.5) is 0 Å². The summed E-state index contributed by atoms with van der Waals surface area (Å²) in [5.41, 5.74) is 1.79. The summed E-state index contributed by atoms with van der Waals surface area (Å²) in [6, 6.07) is 3.81. The zero-order valence-electron chi connectivity index (χ0n) is 12.5. The lowest BCUT2D eigenvalue weighted by atomic mass is 10.3. The molecule has 0 saturated heterocycles. The van der Waals surface area contributed by atoms with Gasteiger partial charge >= 0.3 is 0 Å². The van der Waals surface area contributed by atoms with E-state index in [-0.39, 0.29) is 6.61 Å². The summed E-state index contributed by atoms with van der Waals surface area (Å²) < 4.78 is 15.7. The minimum absolute atomic E-state index is 0.233. The van der Waals surface area contributed by atoms with E-state index >= 15 is 0 Å². The second kappa shape index (κ2) is 7.70. The van der Waals surface area contributed by atoms with E-state index in [1.165, 1.54) is 0 Å². The van der Waals surface area contributed by atoms with Gasteiger partial charge in [0.25, 0.3) is 5.89 Å². The van der Waals surface area contributed by atoms with Gasteiger partial charge in [-0.1, -0.05) is 5.16 Å². The molecule has 0 bridgehead atoms. The van der Waals surface area contributed by atoms with Crippen molar-refractivity contribution in [1.29, 1.82) is 0 Å². The molecule has 0 fully saturated rings. The number of hydrogen-bond acceptors (Lipinski definition) is 7. The first kappa shape index (κ1) is 15.4. The Balaban J connectivity index is 1.97. The fraction of sp³-hybridized carbons (Fsp3) is 0.500. The Morgan fingerprint density at radius 2 is 2.10 bits per heavy atom. The van der Waals surface area contributed by atoms with Gasteiger partial charge < -0.3 is 19.3 Å². The first-order valence-corrected chi connectivity index (χ1v) is 6.77. The Bertz CT molecular complexity index is 571. The molecule has 0 saturated carbocycles. The molecule has 2 aromatic rings. The van der Waals surface area contributed by atoms with E-state index in [0.29, 0.717) is 30.6 Å². The SMILES string of the molecule is COCCNCc1nc(C)ccc1OCc1nc(C)no1. The van der Waals surface area contributed by atoms with Crippen molar-refractivity contribution in [2.24, 2.45) is 0 Å². The highest BCUT2D eigenvalue weighted by atomic mass is 16.5. The van der Waals surface area contributed by atoms with Gasteiger partial charge in [0, 0.05) is 25.9 Å². The van der Waals surface area contributed by atoms with Gasteiger partial charge in [0.15, 0.2) is 12.4 Å². The van der Waals surface area contributed by atoms with E-state index in [1.807, 2.05) is 19.1 Å². The predicted octanol–water partition coefficient (Wildman–Crippen LogP) is 1.40. The van der Waals surface area contributed by atoms with Gasteiger partial charge in [-0.15, -0.1) is 0 Å². The molecule has 1 N–H and O–H groups in total. The molecule has 0 spiro atoms. The van der Waals surface area contributed by atoms with Crippen LogP contribution < -0.4 is 10.1 Å². The summed E-state index contributed by atoms with van der Waals surface area (Å²) >= 11 is 0. The lowest BCUT2D eigenvalue weighted by molar-refractivity contribution is 0.198. The molecule has 21 heavy (non-hydrogen) atoms. The Hall–Kier alpha value is -1.99. The molecule has 7 heteroatoms. The molecular formula is C14H20N4O3. The lowest BCUT2D eigenvalue weighted by Gasteiger charge is -2.11. The summed E-state index contributed by atoms with van der Waals surface area (Å²) in [7, 11) is 1.67. The Morgan fingerprint density at radius 3 is 2.81 bits per heavy atom. The van der Waals surface area contributed by atoms with E-state index in [4.69, 9.17) is 14.0 Å². The molecule has 2 heterocycles. The molecule has 0 aliphatic rings. The van der Waals surface area contributed by atoms with Crippen molar-refractivity contribution in [2.75, 3.05) is 20.3 Å². The number of aromatic nitrogens is 3. The summed E-state index contributed by atoms with van der Waals surface area (Å²) in [4.78, 5) is 8.60. The quantitative estimate of drug-likeness (QED) is 0.736. The average Bonchev–Trinajstić information content (AvgIpc) is 2.88. The third kappa shape index (κ3) is 4.80. The largest absolute Gasteiger partial charge is 0.482 e. The van der Waals surface area contributed by atoms with E-state index in [0.717, 1.165) is 17.9 Å². The fourth-order valence-corrected chi connectivity index (χ4v) is 1.77. The van der Waals surface area contributed by atoms with Crippen LogP contribution in [-0.4, -0.2) is 35.4 Å². The maximum absolute atomic E-state index is 5.72. The Labute approximate surface area is 123 Å². The highest BCUT2D eigenvalue weighted by Crippen LogP contribution is 2.18. The van der Waals surface area contributed by atoms with Gasteiger partial charge in [-0.05, 0) is 26.0 Å². The van der Waals surface area contributed by atoms with Gasteiger partial charge in [0.1, 0.15) is 5.75 Å². The number of pyridine rings is 1. The van der Waals surface area contributed by atoms with Crippen LogP contribution in [-0.2, 0) is 17.9 Å². The van der Waals surface area contributed by atoms with Crippen LogP contribution in [0.5, 0.6) is 5.75 Å². The smallest absolute Gasteiger partial charge is 0.264 e. The number of aryl methyl sites for hydroxylation is 2. The van der Waals surface area contributed by atoms with Crippen molar-refractivity contribution in [2.45, 2.75) is 27.0 Å². The Morgan fingerprint density at radius 1 is 1.24 bits per heavy atom. The maximum atomic E-state index is 5.72. The molecule has 0 aliphatic carbocycles. The van der Waals surface area contributed by atoms with Crippen molar-refractivity contribution in [3.05, 3.63) is 35.2 Å². The van der Waals surface area contributed by atoms with Crippen LogP contribution >= 0.6 is 0 Å². The standard InChI is InChI=1S/C14H20N4O3/c1-10-4-5-13(12(16-10)8-15-6-7-19-3)20-9-14-17-11(2)18-21-14/h4-5,15H,6-9H2,1-3H3. The first-order chi connectivity index (χ1) is 10.2. The van der Waals surface area contributed by atoms with E-state index in [1.54, 1.807) is 14.0 Å². The number of ether oxygens (including phenoxy) is 2. The molecule has 0 radical (unpaired) electrons. The zero-order chi connectivity index (χ0) is 15.1. The number of nitrogens with one attached hydrogen (secondary N) is 1. The maximum Gasteiger partial charge on any atom is 0.264 e. The topological polar surface area (TPSA) is 82.3 Å². The fourth-order valence-electron chi connectivity index (χ4n) is 1.77. The first-order valence-electron chi connectivity index (χ1n) is 6.77. The van der Waals surface area contributed by atoms with E-state index in [9.17, 15) is 0 Å². The number of nitrogens with zero attached hydrogens (tertiary/aromatic N) is 3. The highest BCUT2D eigenvalue weighted by Gasteiger charge is 2.09. The minimum atomic E-state index is 0.233. The van der Waals surface area contributed by atoms with E-state index in [2.05, 4.69) is 20.4 Å². The van der Waals surface area contributed by atoms with Crippen LogP contribution in [0.2, 0.25) is 0 Å². The number of hydrogen-bond donors (Lipinski definition) is 1. The lowest BCUT2D eigenvalue weighted by Crippen LogP contribution is -2.20. The van der Waals surface area contributed by atoms with Crippen LogP contribution in [0, 0.1) is 13.8 Å². The summed E-state index contributed by atoms with van der Waals surface area (Å²) in [5, 5.41) is 6.98. The van der Waals surface area contributed by atoms with Crippen molar-refractivity contribution in [1.82, 2.24) is 20.4 Å². The van der Waals surface area contributed by atoms with Crippen LogP contribution in [0.3, 0.4) is 0 Å². The monoisotopic (exact) mass is 292 g/mol. The Kier molecular flexibility index (Phi) is 5.65. The number of rotatable bonds is 8. The highest BCUT2D eigenvalue weighted by molar-refractivity contribution is 5.29. The normalized spacial score (nSPS) is 10.8. The van der Waals surface area contributed by atoms with Gasteiger partial charge in [-0.3, -0.25) is 4.98 Å². The summed E-state index contributed by atoms with van der Waals surface area (Å²) in [6.45, 7) is 5.98. The van der Waals surface area contributed by atoms with Crippen LogP contribution in [0.15, 0.2) is 16.7 Å². The van der Waals surface area contributed by atoms with Gasteiger partial charge in [-0.25, -0.2) is 0 Å². The molecule has 0 unspecified atom stereocenters. The van der Waals surface area contributed by atoms with Crippen LogP contribution in [0.1, 0.15) is 23.1 Å². The molecule has 0 amide bonds. The molecule has 2 aromatic heterocycles. The van der Waals surface area contributed by atoms with Crippen molar-refractivity contribution in [3.63, 3.8) is 0 Å². The summed E-state index contributed by atoms with van der Waals surface area (Å²) in [5.74, 6) is 1.75. The van der Waals surface area contributed by atoms with Gasteiger partial charge in [0.2, 0.25) is 0 Å². The molecular weight excluding hydrogens is 272 g/mol. The summed E-state index contributed by atoms with van der Waals surface area (Å²) in [6.07, 6.45) is 0. The predicted molar refractivity (Wildman–Crippen MR) is 75.9 cm³/mol. The minimum Gasteiger partial charge on any atom is -0.482 e. The van der Waals surface area contributed by atoms with Crippen molar-refractivity contribution in [3.8, 4) is 5.75 Å². The molecule has 114 valence electrons. The van der Waals surface area contributed by atoms with Crippen LogP contribution in [0.25, 0.3) is 0 Å². The molecule has 0 aromatic carbocycles. The van der Waals surface area contributed by atoms with Crippen molar-refractivity contribution < 1.29 is 14.0 Å². The molecule has 0 atom stereocenters. The zero-order valence-corrected chi connectivity index (χ0v) is 12.5. The van der Waals surface area contributed by atoms with Gasteiger partial charge in [-0.2, -0.15) is 4.98 Å². The molecule has 7 nitrogen and oxygen atoms in total. The average molecular weight is 292 g/mol. The molecule has 2 rings (SSSR count). The second-order valence-corrected chi connectivity index (χ2v) is 4.59. The molecule has 0 aliphatic heterocycles. The van der Waals surface area contributed by atoms with Gasteiger partial charge in [0.05, 0.1) is 12.3 Å².